The van der Waals surface area contributed by atoms with Crippen LogP contribution in [-0.4, -0.2) is 29.7 Å². The summed E-state index contributed by atoms with van der Waals surface area (Å²) in [6.45, 7) is 6.17. The molecule has 0 aliphatic heterocycles. The van der Waals surface area contributed by atoms with Gasteiger partial charge in [0.05, 0.1) is 17.9 Å². The number of aromatic nitrogens is 2. The molecule has 1 saturated carbocycles. The summed E-state index contributed by atoms with van der Waals surface area (Å²) in [5.74, 6) is 0.464. The molecule has 2 rings (SSSR count). The third-order valence-electron chi connectivity index (χ3n) is 4.07. The van der Waals surface area contributed by atoms with E-state index < -0.39 is 5.60 Å². The van der Waals surface area contributed by atoms with Crippen molar-refractivity contribution in [3.8, 4) is 0 Å². The van der Waals surface area contributed by atoms with E-state index in [4.69, 9.17) is 9.47 Å². The highest BCUT2D eigenvalue weighted by atomic mass is 16.5. The number of hydrogen-bond donors (Lipinski definition) is 0. The summed E-state index contributed by atoms with van der Waals surface area (Å²) in [6.07, 6.45) is 5.69. The van der Waals surface area contributed by atoms with Crippen LogP contribution in [0.5, 0.6) is 0 Å². The van der Waals surface area contributed by atoms with E-state index >= 15 is 0 Å². The molecular formula is C16H24N2O3. The van der Waals surface area contributed by atoms with Gasteiger partial charge in [0.15, 0.2) is 5.82 Å². The van der Waals surface area contributed by atoms with Gasteiger partial charge in [-0.25, -0.2) is 14.8 Å². The van der Waals surface area contributed by atoms with Crippen LogP contribution in [0.3, 0.4) is 0 Å². The minimum absolute atomic E-state index is 0.126. The van der Waals surface area contributed by atoms with Gasteiger partial charge in [-0.05, 0) is 38.5 Å². The van der Waals surface area contributed by atoms with Gasteiger partial charge in [-0.2, -0.15) is 0 Å². The molecule has 5 nitrogen and oxygen atoms in total. The Kier molecular flexibility index (Phi) is 4.93. The third-order valence-corrected chi connectivity index (χ3v) is 4.07. The van der Waals surface area contributed by atoms with Crippen LogP contribution in [0, 0.1) is 0 Å². The normalized spacial score (nSPS) is 17.2. The molecule has 0 bridgehead atoms. The van der Waals surface area contributed by atoms with Gasteiger partial charge in [0, 0.05) is 13.3 Å². The van der Waals surface area contributed by atoms with Gasteiger partial charge in [-0.15, -0.1) is 0 Å². The molecule has 0 atom stereocenters. The van der Waals surface area contributed by atoms with Gasteiger partial charge in [0.2, 0.25) is 0 Å². The Bertz CT molecular complexity index is 508. The van der Waals surface area contributed by atoms with Gasteiger partial charge in [0.25, 0.3) is 0 Å². The van der Waals surface area contributed by atoms with E-state index in [-0.39, 0.29) is 11.9 Å². The predicted molar refractivity (Wildman–Crippen MR) is 79.2 cm³/mol. The number of hydrogen-bond acceptors (Lipinski definition) is 5. The molecule has 5 heteroatoms. The number of ether oxygens (including phenoxy) is 2. The number of esters is 1. The lowest BCUT2D eigenvalue weighted by atomic mass is 9.99. The van der Waals surface area contributed by atoms with E-state index in [9.17, 15) is 4.79 Å². The highest BCUT2D eigenvalue weighted by Gasteiger charge is 2.39. The van der Waals surface area contributed by atoms with Crippen LogP contribution in [0.2, 0.25) is 0 Å². The summed E-state index contributed by atoms with van der Waals surface area (Å²) >= 11 is 0. The molecule has 0 amide bonds. The smallest absolute Gasteiger partial charge is 0.341 e. The highest BCUT2D eigenvalue weighted by molar-refractivity contribution is 5.90. The Morgan fingerprint density at radius 3 is 2.57 bits per heavy atom. The fourth-order valence-electron chi connectivity index (χ4n) is 2.89. The Morgan fingerprint density at radius 1 is 1.38 bits per heavy atom. The van der Waals surface area contributed by atoms with Crippen molar-refractivity contribution >= 4 is 5.97 Å². The van der Waals surface area contributed by atoms with Crippen molar-refractivity contribution in [2.24, 2.45) is 0 Å². The van der Waals surface area contributed by atoms with Crippen LogP contribution < -0.4 is 0 Å². The Balaban J connectivity index is 2.43. The van der Waals surface area contributed by atoms with Crippen molar-refractivity contribution in [2.45, 2.75) is 58.0 Å². The first-order valence-electron chi connectivity index (χ1n) is 7.63. The molecule has 1 aliphatic rings. The summed E-state index contributed by atoms with van der Waals surface area (Å²) in [6, 6.07) is 0. The second kappa shape index (κ2) is 6.52. The van der Waals surface area contributed by atoms with Crippen LogP contribution in [0.15, 0.2) is 6.20 Å². The van der Waals surface area contributed by atoms with Crippen LogP contribution in [0.1, 0.15) is 74.2 Å². The Labute approximate surface area is 126 Å². The maximum Gasteiger partial charge on any atom is 0.341 e. The molecule has 0 unspecified atom stereocenters. The van der Waals surface area contributed by atoms with E-state index in [0.29, 0.717) is 18.0 Å². The molecule has 1 aromatic heterocycles. The molecule has 0 N–H and O–H groups in total. The molecule has 1 fully saturated rings. The topological polar surface area (TPSA) is 61.3 Å². The van der Waals surface area contributed by atoms with Crippen molar-refractivity contribution < 1.29 is 14.3 Å². The van der Waals surface area contributed by atoms with Gasteiger partial charge in [-0.3, -0.25) is 0 Å². The summed E-state index contributed by atoms with van der Waals surface area (Å²) in [5.41, 5.74) is 0.804. The molecule has 21 heavy (non-hydrogen) atoms. The Hall–Kier alpha value is -1.49. The van der Waals surface area contributed by atoms with Crippen molar-refractivity contribution in [3.05, 3.63) is 23.3 Å². The lowest BCUT2D eigenvalue weighted by Gasteiger charge is -2.26. The molecule has 1 heterocycles. The van der Waals surface area contributed by atoms with Crippen molar-refractivity contribution in [2.75, 3.05) is 13.7 Å². The Morgan fingerprint density at radius 2 is 2.05 bits per heavy atom. The van der Waals surface area contributed by atoms with Gasteiger partial charge < -0.3 is 9.47 Å². The fraction of sp³-hybridized carbons (Fsp3) is 0.688. The highest BCUT2D eigenvalue weighted by Crippen LogP contribution is 2.40. The minimum Gasteiger partial charge on any atom is -0.462 e. The standard InChI is InChI=1S/C16H24N2O3/c1-5-21-14(19)12-10-17-15(18-13(12)11(2)3)16(20-4)8-6-7-9-16/h10-11H,5-9H2,1-4H3. The monoisotopic (exact) mass is 292 g/mol. The van der Waals surface area contributed by atoms with E-state index in [1.54, 1.807) is 20.2 Å². The van der Waals surface area contributed by atoms with Crippen molar-refractivity contribution in [3.63, 3.8) is 0 Å². The predicted octanol–water partition coefficient (Wildman–Crippen LogP) is 3.19. The van der Waals surface area contributed by atoms with Crippen molar-refractivity contribution in [1.82, 2.24) is 9.97 Å². The third kappa shape index (κ3) is 3.07. The first kappa shape index (κ1) is 15.9. The average Bonchev–Trinajstić information content (AvgIpc) is 2.97. The zero-order valence-corrected chi connectivity index (χ0v) is 13.3. The van der Waals surface area contributed by atoms with Gasteiger partial charge >= 0.3 is 5.97 Å². The fourth-order valence-corrected chi connectivity index (χ4v) is 2.89. The quantitative estimate of drug-likeness (QED) is 0.780. The lowest BCUT2D eigenvalue weighted by molar-refractivity contribution is -0.0166. The largest absolute Gasteiger partial charge is 0.462 e. The summed E-state index contributed by atoms with van der Waals surface area (Å²) in [4.78, 5) is 21.1. The molecule has 0 saturated heterocycles. The first-order valence-corrected chi connectivity index (χ1v) is 7.63. The number of rotatable bonds is 5. The zero-order valence-electron chi connectivity index (χ0n) is 13.3. The molecule has 1 aliphatic carbocycles. The van der Waals surface area contributed by atoms with Gasteiger partial charge in [-0.1, -0.05) is 13.8 Å². The van der Waals surface area contributed by atoms with E-state index in [2.05, 4.69) is 9.97 Å². The lowest BCUT2D eigenvalue weighted by Crippen LogP contribution is -2.28. The number of methoxy groups -OCH3 is 1. The molecule has 0 spiro atoms. The van der Waals surface area contributed by atoms with Crippen LogP contribution in [0.4, 0.5) is 0 Å². The minimum atomic E-state index is -0.392. The SMILES string of the molecule is CCOC(=O)c1cnc(C2(OC)CCCC2)nc1C(C)C. The molecule has 0 radical (unpaired) electrons. The molecule has 116 valence electrons. The van der Waals surface area contributed by atoms with E-state index in [0.717, 1.165) is 31.4 Å². The van der Waals surface area contributed by atoms with E-state index in [1.165, 1.54) is 0 Å². The second-order valence-corrected chi connectivity index (χ2v) is 5.77. The zero-order chi connectivity index (χ0) is 15.5. The summed E-state index contributed by atoms with van der Waals surface area (Å²) < 4.78 is 10.8. The molecule has 1 aromatic rings. The van der Waals surface area contributed by atoms with Crippen LogP contribution in [-0.2, 0) is 15.1 Å². The summed E-state index contributed by atoms with van der Waals surface area (Å²) in [5, 5.41) is 0. The van der Waals surface area contributed by atoms with E-state index in [1.807, 2.05) is 13.8 Å². The number of carbonyl (C=O) groups is 1. The average molecular weight is 292 g/mol. The number of nitrogens with zero attached hydrogens (tertiary/aromatic N) is 2. The van der Waals surface area contributed by atoms with Crippen molar-refractivity contribution in [1.29, 1.82) is 0 Å². The second-order valence-electron chi connectivity index (χ2n) is 5.77. The maximum atomic E-state index is 12.0. The van der Waals surface area contributed by atoms with Crippen LogP contribution >= 0.6 is 0 Å². The van der Waals surface area contributed by atoms with Crippen LogP contribution in [0.25, 0.3) is 0 Å². The van der Waals surface area contributed by atoms with Gasteiger partial charge in [0.1, 0.15) is 5.60 Å². The molecule has 0 aromatic carbocycles. The number of carbonyl (C=O) groups excluding carboxylic acids is 1. The first-order chi connectivity index (χ1) is 10.0. The summed E-state index contributed by atoms with van der Waals surface area (Å²) in [7, 11) is 1.71. The molecular weight excluding hydrogens is 268 g/mol. The maximum absolute atomic E-state index is 12.0.